The molecule has 1 heterocycles. The summed E-state index contributed by atoms with van der Waals surface area (Å²) in [6.07, 6.45) is 1.28. The number of aryl methyl sites for hydroxylation is 1. The van der Waals surface area contributed by atoms with Crippen molar-refractivity contribution in [3.63, 3.8) is 0 Å². The van der Waals surface area contributed by atoms with Gasteiger partial charge >= 0.3 is 0 Å². The number of likely N-dealkylation sites (tertiary alicyclic amines) is 1. The minimum atomic E-state index is -0.377. The van der Waals surface area contributed by atoms with Crippen LogP contribution < -0.4 is 4.74 Å². The molecule has 0 radical (unpaired) electrons. The first-order chi connectivity index (χ1) is 8.69. The summed E-state index contributed by atoms with van der Waals surface area (Å²) in [5, 5.41) is 9.36. The number of benzene rings is 1. The third kappa shape index (κ3) is 3.23. The van der Waals surface area contributed by atoms with E-state index in [0.29, 0.717) is 25.3 Å². The van der Waals surface area contributed by atoms with Crippen LogP contribution in [0.3, 0.4) is 0 Å². The lowest BCUT2D eigenvalue weighted by Gasteiger charge is -2.15. The zero-order valence-electron chi connectivity index (χ0n) is 10.6. The molecule has 0 aliphatic carbocycles. The van der Waals surface area contributed by atoms with Crippen LogP contribution in [0.1, 0.15) is 18.9 Å². The van der Waals surface area contributed by atoms with Crippen molar-refractivity contribution >= 4 is 5.91 Å². The van der Waals surface area contributed by atoms with Gasteiger partial charge in [0.05, 0.1) is 6.10 Å². The van der Waals surface area contributed by atoms with Crippen LogP contribution in [0.5, 0.6) is 5.75 Å². The molecule has 1 atom stereocenters. The number of aliphatic hydroxyl groups excluding tert-OH is 1. The molecule has 0 unspecified atom stereocenters. The van der Waals surface area contributed by atoms with Gasteiger partial charge in [0.25, 0.3) is 5.91 Å². The first-order valence-corrected chi connectivity index (χ1v) is 6.36. The van der Waals surface area contributed by atoms with Crippen molar-refractivity contribution in [2.75, 3.05) is 19.7 Å². The van der Waals surface area contributed by atoms with E-state index in [1.165, 1.54) is 5.56 Å². The van der Waals surface area contributed by atoms with Gasteiger partial charge in [0.2, 0.25) is 0 Å². The van der Waals surface area contributed by atoms with Crippen molar-refractivity contribution in [3.8, 4) is 5.75 Å². The topological polar surface area (TPSA) is 49.8 Å². The monoisotopic (exact) mass is 249 g/mol. The van der Waals surface area contributed by atoms with Gasteiger partial charge in [-0.25, -0.2) is 0 Å². The normalized spacial score (nSPS) is 19.0. The van der Waals surface area contributed by atoms with Crippen LogP contribution in [-0.2, 0) is 11.2 Å². The van der Waals surface area contributed by atoms with Gasteiger partial charge in [-0.15, -0.1) is 0 Å². The Bertz CT molecular complexity index is 402. The molecule has 0 aromatic heterocycles. The lowest BCUT2D eigenvalue weighted by molar-refractivity contribution is -0.132. The highest BCUT2D eigenvalue weighted by atomic mass is 16.5. The Morgan fingerprint density at radius 1 is 1.44 bits per heavy atom. The molecule has 1 aromatic rings. The molecule has 2 rings (SSSR count). The highest BCUT2D eigenvalue weighted by molar-refractivity contribution is 5.78. The van der Waals surface area contributed by atoms with E-state index in [-0.39, 0.29) is 18.6 Å². The summed E-state index contributed by atoms with van der Waals surface area (Å²) in [5.41, 5.74) is 1.25. The first kappa shape index (κ1) is 12.9. The van der Waals surface area contributed by atoms with E-state index >= 15 is 0 Å². The van der Waals surface area contributed by atoms with Gasteiger partial charge in [0.1, 0.15) is 5.75 Å². The molecule has 1 amide bonds. The maximum Gasteiger partial charge on any atom is 0.260 e. The summed E-state index contributed by atoms with van der Waals surface area (Å²) >= 11 is 0. The van der Waals surface area contributed by atoms with Gasteiger partial charge in [-0.1, -0.05) is 19.1 Å². The van der Waals surface area contributed by atoms with Gasteiger partial charge in [0.15, 0.2) is 6.61 Å². The summed E-state index contributed by atoms with van der Waals surface area (Å²) in [5.74, 6) is 0.645. The van der Waals surface area contributed by atoms with Crippen LogP contribution in [0, 0.1) is 0 Å². The third-order valence-electron chi connectivity index (χ3n) is 3.21. The van der Waals surface area contributed by atoms with Gasteiger partial charge in [-0.05, 0) is 30.5 Å². The third-order valence-corrected chi connectivity index (χ3v) is 3.21. The number of nitrogens with zero attached hydrogens (tertiary/aromatic N) is 1. The van der Waals surface area contributed by atoms with Crippen molar-refractivity contribution in [2.45, 2.75) is 25.9 Å². The molecule has 1 saturated heterocycles. The average Bonchev–Trinajstić information content (AvgIpc) is 2.83. The Morgan fingerprint density at radius 3 is 2.72 bits per heavy atom. The highest BCUT2D eigenvalue weighted by Gasteiger charge is 2.24. The predicted octanol–water partition coefficient (Wildman–Crippen LogP) is 1.22. The molecule has 18 heavy (non-hydrogen) atoms. The lowest BCUT2D eigenvalue weighted by atomic mass is 10.2. The second-order valence-corrected chi connectivity index (χ2v) is 4.57. The van der Waals surface area contributed by atoms with Crippen LogP contribution in [0.4, 0.5) is 0 Å². The second kappa shape index (κ2) is 5.87. The minimum absolute atomic E-state index is 0.0399. The fourth-order valence-corrected chi connectivity index (χ4v) is 2.03. The molecular weight excluding hydrogens is 230 g/mol. The van der Waals surface area contributed by atoms with Gasteiger partial charge in [-0.3, -0.25) is 4.79 Å². The van der Waals surface area contributed by atoms with E-state index in [1.54, 1.807) is 4.90 Å². The molecular formula is C14H19NO3. The maximum atomic E-state index is 11.8. The molecule has 1 aliphatic heterocycles. The maximum absolute atomic E-state index is 11.8. The van der Waals surface area contributed by atoms with Crippen LogP contribution in [-0.4, -0.2) is 41.7 Å². The molecule has 1 aliphatic rings. The van der Waals surface area contributed by atoms with E-state index in [2.05, 4.69) is 6.92 Å². The van der Waals surface area contributed by atoms with Crippen molar-refractivity contribution < 1.29 is 14.6 Å². The Kier molecular flexibility index (Phi) is 4.20. The molecule has 0 bridgehead atoms. The summed E-state index contributed by atoms with van der Waals surface area (Å²) in [6.45, 7) is 3.19. The number of rotatable bonds is 4. The molecule has 4 heteroatoms. The van der Waals surface area contributed by atoms with E-state index in [9.17, 15) is 9.90 Å². The van der Waals surface area contributed by atoms with Crippen LogP contribution in [0.15, 0.2) is 24.3 Å². The lowest BCUT2D eigenvalue weighted by Crippen LogP contribution is -2.33. The van der Waals surface area contributed by atoms with Crippen LogP contribution in [0.25, 0.3) is 0 Å². The van der Waals surface area contributed by atoms with Crippen molar-refractivity contribution in [1.82, 2.24) is 4.90 Å². The molecule has 0 spiro atoms. The molecule has 1 N–H and O–H groups in total. The second-order valence-electron chi connectivity index (χ2n) is 4.57. The number of carbonyl (C=O) groups is 1. The Hall–Kier alpha value is -1.55. The smallest absolute Gasteiger partial charge is 0.260 e. The van der Waals surface area contributed by atoms with Crippen molar-refractivity contribution in [2.24, 2.45) is 0 Å². The highest BCUT2D eigenvalue weighted by Crippen LogP contribution is 2.13. The van der Waals surface area contributed by atoms with Crippen molar-refractivity contribution in [3.05, 3.63) is 29.8 Å². The molecule has 4 nitrogen and oxygen atoms in total. The molecule has 98 valence electrons. The summed E-state index contributed by atoms with van der Waals surface area (Å²) in [6, 6.07) is 7.76. The van der Waals surface area contributed by atoms with Crippen LogP contribution in [0.2, 0.25) is 0 Å². The standard InChI is InChI=1S/C14H19NO3/c1-2-11-3-5-13(6-4-11)18-10-14(17)15-8-7-12(16)9-15/h3-6,12,16H,2,7-10H2,1H3/t12-/m0/s1. The van der Waals surface area contributed by atoms with E-state index in [1.807, 2.05) is 24.3 Å². The summed E-state index contributed by atoms with van der Waals surface area (Å²) < 4.78 is 5.44. The number of hydrogen-bond donors (Lipinski definition) is 1. The quantitative estimate of drug-likeness (QED) is 0.873. The summed E-state index contributed by atoms with van der Waals surface area (Å²) in [7, 11) is 0. The number of ether oxygens (including phenoxy) is 1. The fourth-order valence-electron chi connectivity index (χ4n) is 2.03. The number of β-amino-alcohol motifs (C(OH)–C–C–N with tert-alkyl or cyclic N) is 1. The molecule has 0 saturated carbocycles. The van der Waals surface area contributed by atoms with E-state index in [4.69, 9.17) is 4.74 Å². The predicted molar refractivity (Wildman–Crippen MR) is 68.5 cm³/mol. The number of aliphatic hydroxyl groups is 1. The molecule has 1 fully saturated rings. The number of hydrogen-bond acceptors (Lipinski definition) is 3. The average molecular weight is 249 g/mol. The zero-order valence-corrected chi connectivity index (χ0v) is 10.6. The summed E-state index contributed by atoms with van der Waals surface area (Å²) in [4.78, 5) is 13.4. The van der Waals surface area contributed by atoms with E-state index in [0.717, 1.165) is 6.42 Å². The SMILES string of the molecule is CCc1ccc(OCC(=O)N2CC[C@H](O)C2)cc1. The van der Waals surface area contributed by atoms with Gasteiger partial charge < -0.3 is 14.7 Å². The van der Waals surface area contributed by atoms with Gasteiger partial charge in [0, 0.05) is 13.1 Å². The minimum Gasteiger partial charge on any atom is -0.484 e. The Labute approximate surface area is 107 Å². The van der Waals surface area contributed by atoms with E-state index < -0.39 is 0 Å². The fraction of sp³-hybridized carbons (Fsp3) is 0.500. The first-order valence-electron chi connectivity index (χ1n) is 6.36. The molecule has 1 aromatic carbocycles. The number of amides is 1. The Morgan fingerprint density at radius 2 is 2.17 bits per heavy atom. The van der Waals surface area contributed by atoms with Crippen molar-refractivity contribution in [1.29, 1.82) is 0 Å². The number of carbonyl (C=O) groups excluding carboxylic acids is 1. The Balaban J connectivity index is 1.81. The van der Waals surface area contributed by atoms with Crippen LogP contribution >= 0.6 is 0 Å². The zero-order chi connectivity index (χ0) is 13.0. The largest absolute Gasteiger partial charge is 0.484 e. The van der Waals surface area contributed by atoms with Gasteiger partial charge in [-0.2, -0.15) is 0 Å².